The maximum absolute atomic E-state index is 11.5. The van der Waals surface area contributed by atoms with Gasteiger partial charge in [0.2, 0.25) is 0 Å². The Bertz CT molecular complexity index is 529. The van der Waals surface area contributed by atoms with Gasteiger partial charge >= 0.3 is 12.1 Å². The molecule has 1 saturated heterocycles. The maximum atomic E-state index is 11.5. The van der Waals surface area contributed by atoms with Gasteiger partial charge in [-0.05, 0) is 37.9 Å². The molecule has 1 fully saturated rings. The molecule has 0 aromatic heterocycles. The molecule has 2 atom stereocenters. The number of rotatable bonds is 3. The molecule has 0 unspecified atom stereocenters. The number of amides is 1. The summed E-state index contributed by atoms with van der Waals surface area (Å²) in [4.78, 5) is 24.3. The van der Waals surface area contributed by atoms with E-state index in [9.17, 15) is 14.7 Å². The number of carboxylic acid groups (broad SMARTS) is 1. The van der Waals surface area contributed by atoms with Crippen LogP contribution in [0.15, 0.2) is 0 Å². The van der Waals surface area contributed by atoms with Crippen LogP contribution < -0.4 is 0 Å². The molecular formula is C17H29NO5Si. The molecule has 0 aromatic carbocycles. The zero-order valence-electron chi connectivity index (χ0n) is 15.5. The number of piperidine rings is 1. The minimum absolute atomic E-state index is 0.0115. The van der Waals surface area contributed by atoms with Crippen molar-refractivity contribution in [2.45, 2.75) is 70.8 Å². The molecule has 0 bridgehead atoms. The number of likely N-dealkylation sites (tertiary alicyclic amines) is 1. The van der Waals surface area contributed by atoms with Gasteiger partial charge < -0.3 is 14.3 Å². The molecule has 6 nitrogen and oxygen atoms in total. The Balaban J connectivity index is 3.06. The van der Waals surface area contributed by atoms with Gasteiger partial charge in [-0.3, -0.25) is 4.90 Å². The van der Waals surface area contributed by atoms with E-state index in [2.05, 4.69) is 45.7 Å². The summed E-state index contributed by atoms with van der Waals surface area (Å²) in [6.07, 6.45) is 0.0983. The van der Waals surface area contributed by atoms with Crippen LogP contribution in [-0.2, 0) is 14.0 Å². The summed E-state index contributed by atoms with van der Waals surface area (Å²) in [5.74, 6) is 4.55. The van der Waals surface area contributed by atoms with Gasteiger partial charge in [0, 0.05) is 12.5 Å². The molecule has 7 heteroatoms. The molecule has 0 aliphatic carbocycles. The van der Waals surface area contributed by atoms with E-state index in [0.717, 1.165) is 12.8 Å². The Kier molecular flexibility index (Phi) is 6.87. The lowest BCUT2D eigenvalue weighted by Gasteiger charge is -2.44. The Morgan fingerprint density at radius 1 is 1.33 bits per heavy atom. The van der Waals surface area contributed by atoms with E-state index in [1.54, 1.807) is 6.92 Å². The summed E-state index contributed by atoms with van der Waals surface area (Å²) in [5.41, 5.74) is 0. The molecule has 1 aliphatic heterocycles. The second-order valence-electron chi connectivity index (χ2n) is 7.47. The van der Waals surface area contributed by atoms with E-state index < -0.39 is 26.4 Å². The Labute approximate surface area is 145 Å². The van der Waals surface area contributed by atoms with Crippen LogP contribution in [0.3, 0.4) is 0 Å². The summed E-state index contributed by atoms with van der Waals surface area (Å²) in [6, 6.07) is -0.644. The molecule has 1 amide bonds. The summed E-state index contributed by atoms with van der Waals surface area (Å²) < 4.78 is 11.2. The van der Waals surface area contributed by atoms with Crippen molar-refractivity contribution >= 4 is 20.4 Å². The standard InChI is InChI=1S/C17H29NO5Si/c1-7-22-15(19)11-10-13-14(9-8-12-18(13)16(20)21)23-24(5,6)17(2,3)4/h13-14H,7-9,12H2,1-6H3,(H,20,21)/t13-,14+/m1/s1. The average Bonchev–Trinajstić information content (AvgIpc) is 2.44. The maximum Gasteiger partial charge on any atom is 0.408 e. The highest BCUT2D eigenvalue weighted by Gasteiger charge is 2.43. The van der Waals surface area contributed by atoms with Crippen molar-refractivity contribution in [1.29, 1.82) is 0 Å². The van der Waals surface area contributed by atoms with Crippen molar-refractivity contribution in [3.63, 3.8) is 0 Å². The first kappa shape index (κ1) is 20.5. The van der Waals surface area contributed by atoms with Crippen LogP contribution in [-0.4, -0.2) is 55.7 Å². The minimum Gasteiger partial charge on any atom is -0.465 e. The highest BCUT2D eigenvalue weighted by atomic mass is 28.4. The van der Waals surface area contributed by atoms with E-state index in [0.29, 0.717) is 6.54 Å². The highest BCUT2D eigenvalue weighted by Crippen LogP contribution is 2.39. The highest BCUT2D eigenvalue weighted by molar-refractivity contribution is 6.74. The lowest BCUT2D eigenvalue weighted by atomic mass is 10.00. The third kappa shape index (κ3) is 5.25. The van der Waals surface area contributed by atoms with Crippen LogP contribution >= 0.6 is 0 Å². The van der Waals surface area contributed by atoms with Crippen LogP contribution in [0.4, 0.5) is 4.79 Å². The fourth-order valence-electron chi connectivity index (χ4n) is 2.32. The SMILES string of the molecule is CCOC(=O)C#C[C@@H]1[C@@H](O[Si](C)(C)C(C)(C)C)CCCN1C(=O)O. The molecular weight excluding hydrogens is 326 g/mol. The quantitative estimate of drug-likeness (QED) is 0.364. The van der Waals surface area contributed by atoms with E-state index in [1.807, 2.05) is 0 Å². The Morgan fingerprint density at radius 3 is 2.46 bits per heavy atom. The number of carbonyl (C=O) groups excluding carboxylic acids is 1. The Hall–Kier alpha value is -1.52. The molecule has 1 aliphatic rings. The molecule has 0 radical (unpaired) electrons. The van der Waals surface area contributed by atoms with Crippen molar-refractivity contribution in [2.24, 2.45) is 0 Å². The number of hydrogen-bond acceptors (Lipinski definition) is 4. The first-order valence-electron chi connectivity index (χ1n) is 8.35. The van der Waals surface area contributed by atoms with Crippen molar-refractivity contribution in [2.75, 3.05) is 13.2 Å². The van der Waals surface area contributed by atoms with E-state index in [1.165, 1.54) is 4.90 Å². The van der Waals surface area contributed by atoms with Crippen molar-refractivity contribution < 1.29 is 23.9 Å². The van der Waals surface area contributed by atoms with Gasteiger partial charge in [-0.15, -0.1) is 0 Å². The minimum atomic E-state index is -2.07. The third-order valence-corrected chi connectivity index (χ3v) is 9.18. The van der Waals surface area contributed by atoms with Gasteiger partial charge in [0.15, 0.2) is 8.32 Å². The number of hydrogen-bond donors (Lipinski definition) is 1. The van der Waals surface area contributed by atoms with E-state index >= 15 is 0 Å². The van der Waals surface area contributed by atoms with Crippen molar-refractivity contribution in [3.8, 4) is 11.8 Å². The van der Waals surface area contributed by atoms with Crippen LogP contribution in [0.2, 0.25) is 18.1 Å². The van der Waals surface area contributed by atoms with E-state index in [4.69, 9.17) is 9.16 Å². The summed E-state index contributed by atoms with van der Waals surface area (Å²) in [7, 11) is -2.07. The number of nitrogens with zero attached hydrogens (tertiary/aromatic N) is 1. The smallest absolute Gasteiger partial charge is 0.408 e. The molecule has 0 saturated carbocycles. The van der Waals surface area contributed by atoms with Crippen molar-refractivity contribution in [3.05, 3.63) is 0 Å². The second kappa shape index (κ2) is 8.04. The molecule has 1 heterocycles. The average molecular weight is 356 g/mol. The Morgan fingerprint density at radius 2 is 1.96 bits per heavy atom. The fourth-order valence-corrected chi connectivity index (χ4v) is 3.68. The predicted molar refractivity (Wildman–Crippen MR) is 94.2 cm³/mol. The first-order valence-corrected chi connectivity index (χ1v) is 11.3. The fraction of sp³-hybridized carbons (Fsp3) is 0.765. The summed E-state index contributed by atoms with van der Waals surface area (Å²) >= 11 is 0. The monoisotopic (exact) mass is 355 g/mol. The van der Waals surface area contributed by atoms with Gasteiger partial charge in [-0.1, -0.05) is 26.7 Å². The molecule has 1 rings (SSSR count). The number of esters is 1. The van der Waals surface area contributed by atoms with Crippen LogP contribution in [0, 0.1) is 11.8 Å². The zero-order chi connectivity index (χ0) is 18.5. The van der Waals surface area contributed by atoms with Crippen LogP contribution in [0.25, 0.3) is 0 Å². The second-order valence-corrected chi connectivity index (χ2v) is 12.2. The van der Waals surface area contributed by atoms with E-state index in [-0.39, 0.29) is 17.7 Å². The van der Waals surface area contributed by atoms with Gasteiger partial charge in [0.05, 0.1) is 12.7 Å². The zero-order valence-corrected chi connectivity index (χ0v) is 16.5. The first-order chi connectivity index (χ1) is 11.0. The molecule has 1 N–H and O–H groups in total. The van der Waals surface area contributed by atoms with Crippen LogP contribution in [0.5, 0.6) is 0 Å². The lowest BCUT2D eigenvalue weighted by molar-refractivity contribution is -0.136. The molecule has 24 heavy (non-hydrogen) atoms. The van der Waals surface area contributed by atoms with Gasteiger partial charge in [-0.25, -0.2) is 9.59 Å². The third-order valence-electron chi connectivity index (χ3n) is 4.67. The number of ether oxygens (including phenoxy) is 1. The summed E-state index contributed by atoms with van der Waals surface area (Å²) in [5, 5.41) is 9.46. The largest absolute Gasteiger partial charge is 0.465 e. The predicted octanol–water partition coefficient (Wildman–Crippen LogP) is 3.09. The van der Waals surface area contributed by atoms with Gasteiger partial charge in [-0.2, -0.15) is 0 Å². The van der Waals surface area contributed by atoms with Gasteiger partial charge in [0.1, 0.15) is 6.04 Å². The number of carbonyl (C=O) groups is 2. The van der Waals surface area contributed by atoms with Gasteiger partial charge in [0.25, 0.3) is 0 Å². The topological polar surface area (TPSA) is 76.1 Å². The van der Waals surface area contributed by atoms with Crippen LogP contribution in [0.1, 0.15) is 40.5 Å². The lowest BCUT2D eigenvalue weighted by Crippen LogP contribution is -2.55. The molecule has 0 aromatic rings. The normalized spacial score (nSPS) is 21.7. The molecule has 136 valence electrons. The summed E-state index contributed by atoms with van der Waals surface area (Å²) in [6.45, 7) is 13.0. The molecule has 0 spiro atoms. The van der Waals surface area contributed by atoms with Crippen molar-refractivity contribution in [1.82, 2.24) is 4.90 Å².